The van der Waals surface area contributed by atoms with Crippen molar-refractivity contribution < 1.29 is 17.9 Å². The van der Waals surface area contributed by atoms with Gasteiger partial charge in [0, 0.05) is 22.3 Å². The van der Waals surface area contributed by atoms with Crippen LogP contribution in [0.2, 0.25) is 10.0 Å². The monoisotopic (exact) mass is 461 g/mol. The van der Waals surface area contributed by atoms with E-state index in [1.807, 2.05) is 11.5 Å². The third-order valence-corrected chi connectivity index (χ3v) is 5.75. The molecule has 4 nitrogen and oxygen atoms in total. The van der Waals surface area contributed by atoms with E-state index in [0.717, 1.165) is 17.7 Å². The van der Waals surface area contributed by atoms with Crippen molar-refractivity contribution in [2.75, 3.05) is 0 Å². The first kappa shape index (κ1) is 21.8. The second-order valence-corrected chi connectivity index (χ2v) is 7.70. The molecule has 0 aliphatic carbocycles. The Balaban J connectivity index is 1.70. The Labute approximate surface area is 180 Å². The third kappa shape index (κ3) is 5.38. The van der Waals surface area contributed by atoms with Crippen LogP contribution in [-0.2, 0) is 25.1 Å². The molecular formula is C19H16Cl2F3N3OS. The van der Waals surface area contributed by atoms with E-state index in [1.165, 1.54) is 23.9 Å². The van der Waals surface area contributed by atoms with E-state index in [4.69, 9.17) is 27.9 Å². The summed E-state index contributed by atoms with van der Waals surface area (Å²) >= 11 is 13.8. The molecule has 3 aromatic rings. The minimum absolute atomic E-state index is 0.00440. The van der Waals surface area contributed by atoms with Crippen LogP contribution in [0.5, 0.6) is 5.75 Å². The van der Waals surface area contributed by atoms with Crippen LogP contribution in [0, 0.1) is 0 Å². The molecular weight excluding hydrogens is 446 g/mol. The fourth-order valence-corrected chi connectivity index (χ4v) is 4.33. The topological polar surface area (TPSA) is 39.9 Å². The first-order valence-electron chi connectivity index (χ1n) is 8.57. The molecule has 0 fully saturated rings. The summed E-state index contributed by atoms with van der Waals surface area (Å²) < 4.78 is 45.8. The lowest BCUT2D eigenvalue weighted by Crippen LogP contribution is -2.08. The average molecular weight is 462 g/mol. The van der Waals surface area contributed by atoms with Gasteiger partial charge in [-0.25, -0.2) is 0 Å². The number of hydrogen-bond donors (Lipinski definition) is 0. The third-order valence-electron chi connectivity index (χ3n) is 4.05. The summed E-state index contributed by atoms with van der Waals surface area (Å²) in [5.41, 5.74) is 0.0353. The molecule has 0 saturated heterocycles. The molecule has 0 aliphatic heterocycles. The molecule has 2 aromatic carbocycles. The number of thioether (sulfide) groups is 1. The Morgan fingerprint density at radius 3 is 2.41 bits per heavy atom. The Kier molecular flexibility index (Phi) is 6.97. The predicted molar refractivity (Wildman–Crippen MR) is 107 cm³/mol. The summed E-state index contributed by atoms with van der Waals surface area (Å²) in [5, 5.41) is 10.1. The molecule has 154 valence electrons. The fourth-order valence-electron chi connectivity index (χ4n) is 2.57. The molecule has 0 radical (unpaired) electrons. The van der Waals surface area contributed by atoms with Gasteiger partial charge in [-0.1, -0.05) is 47.1 Å². The predicted octanol–water partition coefficient (Wildman–Crippen LogP) is 6.49. The van der Waals surface area contributed by atoms with E-state index in [2.05, 4.69) is 10.2 Å². The quantitative estimate of drug-likeness (QED) is 0.376. The molecule has 29 heavy (non-hydrogen) atoms. The fraction of sp³-hybridized carbons (Fsp3) is 0.263. The van der Waals surface area contributed by atoms with Crippen molar-refractivity contribution in [3.05, 3.63) is 69.5 Å². The van der Waals surface area contributed by atoms with E-state index < -0.39 is 11.7 Å². The standard InChI is InChI=1S/C19H16Cl2F3N3OS/c1-2-27-17(10-28-13-6-3-5-12(9-13)19(22,23)24)25-26-18(27)29-11-14-15(20)7-4-8-16(14)21/h3-9H,2,10-11H2,1H3. The lowest BCUT2D eigenvalue weighted by atomic mass is 10.2. The van der Waals surface area contributed by atoms with Gasteiger partial charge >= 0.3 is 6.18 Å². The summed E-state index contributed by atoms with van der Waals surface area (Å²) in [7, 11) is 0. The van der Waals surface area contributed by atoms with Crippen molar-refractivity contribution in [1.82, 2.24) is 14.8 Å². The van der Waals surface area contributed by atoms with E-state index in [0.29, 0.717) is 33.3 Å². The summed E-state index contributed by atoms with van der Waals surface area (Å²) in [5.74, 6) is 1.13. The van der Waals surface area contributed by atoms with Crippen molar-refractivity contribution in [2.45, 2.75) is 37.2 Å². The summed E-state index contributed by atoms with van der Waals surface area (Å²) in [6.45, 7) is 2.49. The Bertz CT molecular complexity index is 975. The number of hydrogen-bond acceptors (Lipinski definition) is 4. The van der Waals surface area contributed by atoms with Crippen LogP contribution in [-0.4, -0.2) is 14.8 Å². The highest BCUT2D eigenvalue weighted by Crippen LogP contribution is 2.32. The number of aromatic nitrogens is 3. The van der Waals surface area contributed by atoms with Crippen LogP contribution < -0.4 is 4.74 Å². The molecule has 0 amide bonds. The highest BCUT2D eigenvalue weighted by molar-refractivity contribution is 7.98. The minimum atomic E-state index is -4.42. The normalized spacial score (nSPS) is 11.7. The van der Waals surface area contributed by atoms with Gasteiger partial charge in [0.15, 0.2) is 11.0 Å². The van der Waals surface area contributed by atoms with Crippen molar-refractivity contribution >= 4 is 35.0 Å². The van der Waals surface area contributed by atoms with Crippen LogP contribution in [0.1, 0.15) is 23.9 Å². The van der Waals surface area contributed by atoms with Crippen molar-refractivity contribution in [3.8, 4) is 5.75 Å². The molecule has 0 atom stereocenters. The van der Waals surface area contributed by atoms with Gasteiger partial charge in [0.05, 0.1) is 5.56 Å². The van der Waals surface area contributed by atoms with Gasteiger partial charge < -0.3 is 9.30 Å². The van der Waals surface area contributed by atoms with Crippen molar-refractivity contribution in [3.63, 3.8) is 0 Å². The zero-order chi connectivity index (χ0) is 21.0. The molecule has 0 saturated carbocycles. The van der Waals surface area contributed by atoms with Gasteiger partial charge in [-0.15, -0.1) is 10.2 Å². The van der Waals surface area contributed by atoms with Gasteiger partial charge in [-0.2, -0.15) is 13.2 Å². The maximum atomic E-state index is 12.8. The lowest BCUT2D eigenvalue weighted by Gasteiger charge is -2.11. The first-order valence-corrected chi connectivity index (χ1v) is 10.3. The van der Waals surface area contributed by atoms with Gasteiger partial charge in [0.25, 0.3) is 0 Å². The molecule has 1 aromatic heterocycles. The SMILES string of the molecule is CCn1c(COc2cccc(C(F)(F)F)c2)nnc1SCc1c(Cl)cccc1Cl. The van der Waals surface area contributed by atoms with Gasteiger partial charge in [0.1, 0.15) is 12.4 Å². The van der Waals surface area contributed by atoms with E-state index in [1.54, 1.807) is 18.2 Å². The Morgan fingerprint density at radius 1 is 1.07 bits per heavy atom. The second-order valence-electron chi connectivity index (χ2n) is 5.95. The summed E-state index contributed by atoms with van der Waals surface area (Å²) in [6, 6.07) is 10.0. The Hall–Kier alpha value is -1.90. The highest BCUT2D eigenvalue weighted by atomic mass is 35.5. The molecule has 0 spiro atoms. The van der Waals surface area contributed by atoms with E-state index in [9.17, 15) is 13.2 Å². The smallest absolute Gasteiger partial charge is 0.416 e. The van der Waals surface area contributed by atoms with Crippen molar-refractivity contribution in [2.24, 2.45) is 0 Å². The lowest BCUT2D eigenvalue weighted by molar-refractivity contribution is -0.137. The van der Waals surface area contributed by atoms with Crippen LogP contribution in [0.15, 0.2) is 47.6 Å². The van der Waals surface area contributed by atoms with Crippen LogP contribution in [0.25, 0.3) is 0 Å². The zero-order valence-corrected chi connectivity index (χ0v) is 17.5. The molecule has 0 N–H and O–H groups in total. The molecule has 1 heterocycles. The van der Waals surface area contributed by atoms with Crippen molar-refractivity contribution in [1.29, 1.82) is 0 Å². The van der Waals surface area contributed by atoms with Gasteiger partial charge in [-0.3, -0.25) is 0 Å². The summed E-state index contributed by atoms with van der Waals surface area (Å²) in [4.78, 5) is 0. The van der Waals surface area contributed by atoms with Crippen LogP contribution in [0.4, 0.5) is 13.2 Å². The second kappa shape index (κ2) is 9.28. The molecule has 0 unspecified atom stereocenters. The molecule has 0 bridgehead atoms. The van der Waals surface area contributed by atoms with Crippen LogP contribution >= 0.6 is 35.0 Å². The van der Waals surface area contributed by atoms with Gasteiger partial charge in [-0.05, 0) is 42.8 Å². The first-order chi connectivity index (χ1) is 13.8. The number of benzene rings is 2. The Morgan fingerprint density at radius 2 is 1.76 bits per heavy atom. The van der Waals surface area contributed by atoms with E-state index in [-0.39, 0.29) is 12.4 Å². The van der Waals surface area contributed by atoms with E-state index >= 15 is 0 Å². The number of halogens is 5. The molecule has 10 heteroatoms. The average Bonchev–Trinajstić information content (AvgIpc) is 3.07. The number of rotatable bonds is 7. The summed E-state index contributed by atoms with van der Waals surface area (Å²) in [6.07, 6.45) is -4.42. The van der Waals surface area contributed by atoms with Gasteiger partial charge in [0.2, 0.25) is 0 Å². The molecule has 3 rings (SSSR count). The number of nitrogens with zero attached hydrogens (tertiary/aromatic N) is 3. The minimum Gasteiger partial charge on any atom is -0.486 e. The maximum absolute atomic E-state index is 12.8. The maximum Gasteiger partial charge on any atom is 0.416 e. The highest BCUT2D eigenvalue weighted by Gasteiger charge is 2.30. The number of ether oxygens (including phenoxy) is 1. The molecule has 0 aliphatic rings. The largest absolute Gasteiger partial charge is 0.486 e. The zero-order valence-electron chi connectivity index (χ0n) is 15.2. The van der Waals surface area contributed by atoms with Crippen LogP contribution in [0.3, 0.4) is 0 Å². The number of alkyl halides is 3.